The number of carboxylic acid groups (broad SMARTS) is 1. The Kier molecular flexibility index (Phi) is 3.88. The van der Waals surface area contributed by atoms with Crippen LogP contribution in [0, 0.1) is 0 Å². The third-order valence-electron chi connectivity index (χ3n) is 2.25. The fourth-order valence-corrected chi connectivity index (χ4v) is 1.93. The standard InChI is InChI=1S/C12H10BrN3O2/c13-9-4-8(12(17)18)5-11(6-9)14-7-10-2-1-3-15-16-10/h1-6,14H,7H2,(H,17,18). The summed E-state index contributed by atoms with van der Waals surface area (Å²) in [6.07, 6.45) is 1.60. The van der Waals surface area contributed by atoms with Gasteiger partial charge in [0.2, 0.25) is 0 Å². The van der Waals surface area contributed by atoms with Crippen molar-refractivity contribution < 1.29 is 9.90 Å². The lowest BCUT2D eigenvalue weighted by Crippen LogP contribution is -2.04. The zero-order valence-electron chi connectivity index (χ0n) is 9.30. The van der Waals surface area contributed by atoms with Gasteiger partial charge in [0.05, 0.1) is 17.8 Å². The first-order chi connectivity index (χ1) is 8.65. The van der Waals surface area contributed by atoms with Crippen molar-refractivity contribution in [3.63, 3.8) is 0 Å². The van der Waals surface area contributed by atoms with Crippen molar-refractivity contribution in [3.8, 4) is 0 Å². The second-order valence-electron chi connectivity index (χ2n) is 3.60. The van der Waals surface area contributed by atoms with Crippen molar-refractivity contribution in [2.75, 3.05) is 5.32 Å². The highest BCUT2D eigenvalue weighted by molar-refractivity contribution is 9.10. The average molecular weight is 308 g/mol. The van der Waals surface area contributed by atoms with E-state index < -0.39 is 5.97 Å². The Bertz CT molecular complexity index is 561. The maximum Gasteiger partial charge on any atom is 0.335 e. The Morgan fingerprint density at radius 2 is 2.22 bits per heavy atom. The molecule has 1 aromatic carbocycles. The number of nitrogens with one attached hydrogen (secondary N) is 1. The molecule has 92 valence electrons. The van der Waals surface area contributed by atoms with Crippen LogP contribution in [-0.2, 0) is 6.54 Å². The molecule has 1 heterocycles. The molecule has 1 aromatic heterocycles. The van der Waals surface area contributed by atoms with E-state index in [4.69, 9.17) is 5.11 Å². The topological polar surface area (TPSA) is 75.1 Å². The third kappa shape index (κ3) is 3.27. The van der Waals surface area contributed by atoms with Crippen molar-refractivity contribution in [3.05, 3.63) is 52.3 Å². The molecule has 0 fully saturated rings. The molecule has 0 aliphatic rings. The van der Waals surface area contributed by atoms with E-state index in [-0.39, 0.29) is 5.56 Å². The Morgan fingerprint density at radius 3 is 2.89 bits per heavy atom. The number of carbonyl (C=O) groups is 1. The molecule has 18 heavy (non-hydrogen) atoms. The molecule has 0 bridgehead atoms. The number of rotatable bonds is 4. The molecule has 0 amide bonds. The molecule has 2 aromatic rings. The first-order valence-corrected chi connectivity index (χ1v) is 5.99. The fraction of sp³-hybridized carbons (Fsp3) is 0.0833. The Balaban J connectivity index is 2.12. The van der Waals surface area contributed by atoms with Gasteiger partial charge in [0.25, 0.3) is 0 Å². The summed E-state index contributed by atoms with van der Waals surface area (Å²) < 4.78 is 0.712. The van der Waals surface area contributed by atoms with Crippen LogP contribution in [0.4, 0.5) is 5.69 Å². The first kappa shape index (κ1) is 12.5. The summed E-state index contributed by atoms with van der Waals surface area (Å²) in [4.78, 5) is 10.9. The number of aromatic carboxylic acids is 1. The van der Waals surface area contributed by atoms with Gasteiger partial charge >= 0.3 is 5.97 Å². The van der Waals surface area contributed by atoms with Gasteiger partial charge in [-0.1, -0.05) is 15.9 Å². The maximum absolute atomic E-state index is 10.9. The van der Waals surface area contributed by atoms with E-state index >= 15 is 0 Å². The Hall–Kier alpha value is -1.95. The number of carboxylic acids is 1. The lowest BCUT2D eigenvalue weighted by atomic mass is 10.2. The van der Waals surface area contributed by atoms with Gasteiger partial charge in [-0.3, -0.25) is 0 Å². The monoisotopic (exact) mass is 307 g/mol. The van der Waals surface area contributed by atoms with Gasteiger partial charge in [-0.2, -0.15) is 10.2 Å². The van der Waals surface area contributed by atoms with Crippen LogP contribution in [0.1, 0.15) is 16.1 Å². The van der Waals surface area contributed by atoms with E-state index in [1.807, 2.05) is 12.1 Å². The molecule has 0 saturated heterocycles. The second kappa shape index (κ2) is 5.59. The SMILES string of the molecule is O=C(O)c1cc(Br)cc(NCc2cccnn2)c1. The van der Waals surface area contributed by atoms with Crippen LogP contribution < -0.4 is 5.32 Å². The summed E-state index contributed by atoms with van der Waals surface area (Å²) in [7, 11) is 0. The summed E-state index contributed by atoms with van der Waals surface area (Å²) in [6.45, 7) is 0.489. The molecule has 2 N–H and O–H groups in total. The zero-order chi connectivity index (χ0) is 13.0. The van der Waals surface area contributed by atoms with Crippen molar-refractivity contribution in [2.45, 2.75) is 6.54 Å². The van der Waals surface area contributed by atoms with E-state index in [0.29, 0.717) is 16.7 Å². The van der Waals surface area contributed by atoms with Gasteiger partial charge in [0, 0.05) is 16.4 Å². The van der Waals surface area contributed by atoms with Crippen molar-refractivity contribution in [1.82, 2.24) is 10.2 Å². The molecular formula is C12H10BrN3O2. The molecule has 0 unspecified atom stereocenters. The summed E-state index contributed by atoms with van der Waals surface area (Å²) in [5.74, 6) is -0.959. The second-order valence-corrected chi connectivity index (χ2v) is 4.52. The van der Waals surface area contributed by atoms with Gasteiger partial charge < -0.3 is 10.4 Å². The summed E-state index contributed by atoms with van der Waals surface area (Å²) in [5.41, 5.74) is 1.73. The van der Waals surface area contributed by atoms with Crippen LogP contribution in [0.5, 0.6) is 0 Å². The quantitative estimate of drug-likeness (QED) is 0.908. The van der Waals surface area contributed by atoms with Crippen LogP contribution in [0.2, 0.25) is 0 Å². The van der Waals surface area contributed by atoms with Gasteiger partial charge in [-0.25, -0.2) is 4.79 Å². The zero-order valence-corrected chi connectivity index (χ0v) is 10.9. The lowest BCUT2D eigenvalue weighted by molar-refractivity contribution is 0.0697. The van der Waals surface area contributed by atoms with Crippen LogP contribution in [0.15, 0.2) is 41.0 Å². The van der Waals surface area contributed by atoms with Gasteiger partial charge in [0.1, 0.15) is 0 Å². The highest BCUT2D eigenvalue weighted by Gasteiger charge is 2.06. The normalized spacial score (nSPS) is 10.1. The minimum atomic E-state index is -0.959. The molecule has 0 aliphatic carbocycles. The highest BCUT2D eigenvalue weighted by atomic mass is 79.9. The predicted octanol–water partition coefficient (Wildman–Crippen LogP) is 2.55. The van der Waals surface area contributed by atoms with Crippen LogP contribution >= 0.6 is 15.9 Å². The maximum atomic E-state index is 10.9. The number of hydrogen-bond acceptors (Lipinski definition) is 4. The number of nitrogens with zero attached hydrogens (tertiary/aromatic N) is 2. The predicted molar refractivity (Wildman–Crippen MR) is 70.5 cm³/mol. The molecule has 6 heteroatoms. The van der Waals surface area contributed by atoms with Crippen molar-refractivity contribution in [2.24, 2.45) is 0 Å². The average Bonchev–Trinajstić information content (AvgIpc) is 2.37. The minimum absolute atomic E-state index is 0.228. The Morgan fingerprint density at radius 1 is 1.39 bits per heavy atom. The van der Waals surface area contributed by atoms with Crippen LogP contribution in [0.3, 0.4) is 0 Å². The summed E-state index contributed by atoms with van der Waals surface area (Å²) >= 11 is 3.28. The fourth-order valence-electron chi connectivity index (χ4n) is 1.44. The summed E-state index contributed by atoms with van der Waals surface area (Å²) in [6, 6.07) is 8.58. The van der Waals surface area contributed by atoms with Gasteiger partial charge in [-0.15, -0.1) is 0 Å². The number of benzene rings is 1. The van der Waals surface area contributed by atoms with Gasteiger partial charge in [-0.05, 0) is 30.3 Å². The van der Waals surface area contributed by atoms with E-state index in [2.05, 4.69) is 31.4 Å². The molecule has 0 aliphatic heterocycles. The minimum Gasteiger partial charge on any atom is -0.478 e. The molecule has 0 spiro atoms. The number of anilines is 1. The van der Waals surface area contributed by atoms with Crippen LogP contribution in [-0.4, -0.2) is 21.3 Å². The lowest BCUT2D eigenvalue weighted by Gasteiger charge is -2.07. The number of halogens is 1. The van der Waals surface area contributed by atoms with E-state index in [1.165, 1.54) is 0 Å². The largest absolute Gasteiger partial charge is 0.478 e. The third-order valence-corrected chi connectivity index (χ3v) is 2.70. The highest BCUT2D eigenvalue weighted by Crippen LogP contribution is 2.20. The summed E-state index contributed by atoms with van der Waals surface area (Å²) in [5, 5.41) is 19.7. The first-order valence-electron chi connectivity index (χ1n) is 5.19. The molecule has 0 saturated carbocycles. The van der Waals surface area contributed by atoms with E-state index in [1.54, 1.807) is 24.4 Å². The number of hydrogen-bond donors (Lipinski definition) is 2. The molecule has 5 nitrogen and oxygen atoms in total. The number of aromatic nitrogens is 2. The molecule has 0 atom stereocenters. The van der Waals surface area contributed by atoms with Crippen molar-refractivity contribution >= 4 is 27.6 Å². The molecular weight excluding hydrogens is 298 g/mol. The van der Waals surface area contributed by atoms with Gasteiger partial charge in [0.15, 0.2) is 0 Å². The van der Waals surface area contributed by atoms with E-state index in [9.17, 15) is 4.79 Å². The Labute approximate surface area is 112 Å². The van der Waals surface area contributed by atoms with E-state index in [0.717, 1.165) is 5.69 Å². The molecule has 2 rings (SSSR count). The van der Waals surface area contributed by atoms with Crippen molar-refractivity contribution in [1.29, 1.82) is 0 Å². The van der Waals surface area contributed by atoms with Crippen LogP contribution in [0.25, 0.3) is 0 Å². The molecule has 0 radical (unpaired) electrons. The smallest absolute Gasteiger partial charge is 0.335 e.